The van der Waals surface area contributed by atoms with Crippen molar-refractivity contribution in [1.82, 2.24) is 5.32 Å². The normalized spacial score (nSPS) is 13.6. The van der Waals surface area contributed by atoms with E-state index in [2.05, 4.69) is 16.9 Å². The van der Waals surface area contributed by atoms with Crippen LogP contribution in [-0.2, 0) is 0 Å². The third kappa shape index (κ3) is 7.50. The first kappa shape index (κ1) is 8.50. The molecule has 0 radical (unpaired) electrons. The monoisotopic (exact) mass is 146 g/mol. The quantitative estimate of drug-likeness (QED) is 0.362. The SMILES string of the molecule is C=CNC=NCC(C)Cl. The van der Waals surface area contributed by atoms with E-state index >= 15 is 0 Å². The summed E-state index contributed by atoms with van der Waals surface area (Å²) in [5.74, 6) is 0. The van der Waals surface area contributed by atoms with Gasteiger partial charge in [-0.3, -0.25) is 4.99 Å². The Labute approximate surface area is 60.6 Å². The third-order valence-corrected chi connectivity index (χ3v) is 0.779. The van der Waals surface area contributed by atoms with Gasteiger partial charge in [0.1, 0.15) is 0 Å². The molecule has 1 N–H and O–H groups in total. The highest BCUT2D eigenvalue weighted by Crippen LogP contribution is 1.91. The van der Waals surface area contributed by atoms with E-state index in [0.29, 0.717) is 6.54 Å². The van der Waals surface area contributed by atoms with E-state index in [9.17, 15) is 0 Å². The molecule has 0 aliphatic heterocycles. The van der Waals surface area contributed by atoms with Gasteiger partial charge < -0.3 is 5.32 Å². The Bertz CT molecular complexity index is 99.2. The first-order valence-electron chi connectivity index (χ1n) is 2.76. The lowest BCUT2D eigenvalue weighted by Gasteiger charge is -1.93. The topological polar surface area (TPSA) is 24.4 Å². The average Bonchev–Trinajstić information content (AvgIpc) is 1.80. The molecule has 0 amide bonds. The van der Waals surface area contributed by atoms with Crippen molar-refractivity contribution in [1.29, 1.82) is 0 Å². The van der Waals surface area contributed by atoms with Gasteiger partial charge in [0.25, 0.3) is 0 Å². The number of alkyl halides is 1. The Balaban J connectivity index is 3.14. The Morgan fingerprint density at radius 1 is 1.89 bits per heavy atom. The summed E-state index contributed by atoms with van der Waals surface area (Å²) in [6.07, 6.45) is 3.13. The Morgan fingerprint density at radius 3 is 3.00 bits per heavy atom. The second-order valence-corrected chi connectivity index (χ2v) is 2.39. The van der Waals surface area contributed by atoms with Crippen LogP contribution < -0.4 is 5.32 Å². The van der Waals surface area contributed by atoms with Crippen molar-refractivity contribution in [3.05, 3.63) is 12.8 Å². The van der Waals surface area contributed by atoms with Crippen LogP contribution >= 0.6 is 11.6 Å². The maximum atomic E-state index is 5.59. The highest BCUT2D eigenvalue weighted by molar-refractivity contribution is 6.20. The molecule has 2 nitrogen and oxygen atoms in total. The first-order chi connectivity index (χ1) is 4.27. The van der Waals surface area contributed by atoms with E-state index in [4.69, 9.17) is 11.6 Å². The summed E-state index contributed by atoms with van der Waals surface area (Å²) in [5.41, 5.74) is 0. The van der Waals surface area contributed by atoms with Crippen molar-refractivity contribution >= 4 is 17.9 Å². The van der Waals surface area contributed by atoms with Gasteiger partial charge in [-0.15, -0.1) is 11.6 Å². The summed E-state index contributed by atoms with van der Waals surface area (Å²) in [5, 5.41) is 2.82. The molecular formula is C6H11ClN2. The first-order valence-corrected chi connectivity index (χ1v) is 3.20. The maximum Gasteiger partial charge on any atom is 0.0863 e. The molecule has 0 saturated heterocycles. The fourth-order valence-electron chi connectivity index (χ4n) is 0.303. The summed E-state index contributed by atoms with van der Waals surface area (Å²) < 4.78 is 0. The number of nitrogens with zero attached hydrogens (tertiary/aromatic N) is 1. The zero-order valence-electron chi connectivity index (χ0n) is 5.47. The van der Waals surface area contributed by atoms with E-state index in [1.165, 1.54) is 0 Å². The Hall–Kier alpha value is -0.500. The molecular weight excluding hydrogens is 136 g/mol. The van der Waals surface area contributed by atoms with Crippen LogP contribution in [0.1, 0.15) is 6.92 Å². The minimum absolute atomic E-state index is 0.105. The second kappa shape index (κ2) is 5.63. The van der Waals surface area contributed by atoms with Crippen molar-refractivity contribution in [2.45, 2.75) is 12.3 Å². The van der Waals surface area contributed by atoms with Gasteiger partial charge in [-0.2, -0.15) is 0 Å². The molecule has 0 heterocycles. The summed E-state index contributed by atoms with van der Waals surface area (Å²) in [6.45, 7) is 5.98. The van der Waals surface area contributed by atoms with Crippen molar-refractivity contribution in [3.63, 3.8) is 0 Å². The van der Waals surface area contributed by atoms with Gasteiger partial charge in [0.2, 0.25) is 0 Å². The lowest BCUT2D eigenvalue weighted by atomic mass is 10.5. The molecule has 0 fully saturated rings. The lowest BCUT2D eigenvalue weighted by Crippen LogP contribution is -2.03. The highest BCUT2D eigenvalue weighted by atomic mass is 35.5. The molecule has 3 heteroatoms. The number of halogens is 1. The van der Waals surface area contributed by atoms with Gasteiger partial charge in [0, 0.05) is 0 Å². The molecule has 0 aromatic heterocycles. The van der Waals surface area contributed by atoms with E-state index in [1.54, 1.807) is 12.5 Å². The molecule has 52 valence electrons. The molecule has 0 aliphatic carbocycles. The minimum Gasteiger partial charge on any atom is -0.354 e. The van der Waals surface area contributed by atoms with Crippen LogP contribution in [0.2, 0.25) is 0 Å². The molecule has 0 spiro atoms. The predicted octanol–water partition coefficient (Wildman–Crippen LogP) is 1.38. The fourth-order valence-corrected chi connectivity index (χ4v) is 0.383. The third-order valence-electron chi connectivity index (χ3n) is 0.641. The van der Waals surface area contributed by atoms with Gasteiger partial charge in [0.05, 0.1) is 18.3 Å². The summed E-state index contributed by atoms with van der Waals surface area (Å²) in [4.78, 5) is 3.92. The average molecular weight is 147 g/mol. The predicted molar refractivity (Wildman–Crippen MR) is 42.0 cm³/mol. The summed E-state index contributed by atoms with van der Waals surface area (Å²) >= 11 is 5.59. The molecule has 0 aliphatic rings. The molecule has 0 bridgehead atoms. The molecule has 0 aromatic rings. The van der Waals surface area contributed by atoms with Crippen LogP contribution in [0, 0.1) is 0 Å². The number of hydrogen-bond acceptors (Lipinski definition) is 1. The van der Waals surface area contributed by atoms with E-state index < -0.39 is 0 Å². The largest absolute Gasteiger partial charge is 0.354 e. The van der Waals surface area contributed by atoms with Crippen molar-refractivity contribution in [2.75, 3.05) is 6.54 Å². The van der Waals surface area contributed by atoms with Crippen LogP contribution in [0.15, 0.2) is 17.8 Å². The molecule has 0 rings (SSSR count). The van der Waals surface area contributed by atoms with Gasteiger partial charge >= 0.3 is 0 Å². The van der Waals surface area contributed by atoms with Crippen molar-refractivity contribution < 1.29 is 0 Å². The van der Waals surface area contributed by atoms with Gasteiger partial charge in [-0.1, -0.05) is 6.58 Å². The van der Waals surface area contributed by atoms with E-state index in [-0.39, 0.29) is 5.38 Å². The molecule has 1 unspecified atom stereocenters. The second-order valence-electron chi connectivity index (χ2n) is 1.65. The molecule has 1 atom stereocenters. The van der Waals surface area contributed by atoms with E-state index in [0.717, 1.165) is 0 Å². The highest BCUT2D eigenvalue weighted by Gasteiger charge is 1.88. The zero-order chi connectivity index (χ0) is 7.11. The van der Waals surface area contributed by atoms with Crippen LogP contribution in [0.3, 0.4) is 0 Å². The molecule has 0 saturated carbocycles. The number of hydrogen-bond donors (Lipinski definition) is 1. The number of nitrogens with one attached hydrogen (secondary N) is 1. The Morgan fingerprint density at radius 2 is 2.56 bits per heavy atom. The van der Waals surface area contributed by atoms with Gasteiger partial charge in [0.15, 0.2) is 0 Å². The van der Waals surface area contributed by atoms with Gasteiger partial charge in [-0.25, -0.2) is 0 Å². The number of aliphatic imine (C=N–C) groups is 1. The smallest absolute Gasteiger partial charge is 0.0863 e. The van der Waals surface area contributed by atoms with Crippen LogP contribution in [-0.4, -0.2) is 18.3 Å². The van der Waals surface area contributed by atoms with Crippen molar-refractivity contribution in [2.24, 2.45) is 4.99 Å². The zero-order valence-corrected chi connectivity index (χ0v) is 6.23. The van der Waals surface area contributed by atoms with Crippen LogP contribution in [0.4, 0.5) is 0 Å². The standard InChI is InChI=1S/C6H11ClN2/c1-3-8-5-9-4-6(2)7/h3,5-6H,1,4H2,2H3,(H,8,9). The molecule has 9 heavy (non-hydrogen) atoms. The lowest BCUT2D eigenvalue weighted by molar-refractivity contribution is 0.939. The summed E-state index contributed by atoms with van der Waals surface area (Å²) in [6, 6.07) is 0. The maximum absolute atomic E-state index is 5.59. The molecule has 0 aromatic carbocycles. The van der Waals surface area contributed by atoms with Crippen LogP contribution in [0.25, 0.3) is 0 Å². The Kier molecular flexibility index (Phi) is 5.32. The summed E-state index contributed by atoms with van der Waals surface area (Å²) in [7, 11) is 0. The van der Waals surface area contributed by atoms with Crippen LogP contribution in [0.5, 0.6) is 0 Å². The van der Waals surface area contributed by atoms with Crippen molar-refractivity contribution in [3.8, 4) is 0 Å². The minimum atomic E-state index is 0.105. The van der Waals surface area contributed by atoms with Gasteiger partial charge in [-0.05, 0) is 13.1 Å². The van der Waals surface area contributed by atoms with E-state index in [1.807, 2.05) is 6.92 Å². The fraction of sp³-hybridized carbons (Fsp3) is 0.500. The number of rotatable bonds is 4.